The second kappa shape index (κ2) is 6.64. The van der Waals surface area contributed by atoms with Gasteiger partial charge in [-0.05, 0) is 20.3 Å². The lowest BCUT2D eigenvalue weighted by molar-refractivity contribution is -0.136. The lowest BCUT2D eigenvalue weighted by Crippen LogP contribution is -2.15. The first-order valence-electron chi connectivity index (χ1n) is 5.84. The van der Waals surface area contributed by atoms with Crippen LogP contribution in [-0.4, -0.2) is 28.4 Å². The maximum absolute atomic E-state index is 10.9. The van der Waals surface area contributed by atoms with Crippen LogP contribution in [0.25, 0.3) is 0 Å². The molecule has 1 aromatic heterocycles. The Morgan fingerprint density at radius 3 is 2.72 bits per heavy atom. The number of rotatable bonds is 6. The summed E-state index contributed by atoms with van der Waals surface area (Å²) in [5, 5.41) is 8.62. The van der Waals surface area contributed by atoms with E-state index in [1.54, 1.807) is 13.3 Å². The van der Waals surface area contributed by atoms with Crippen molar-refractivity contribution in [1.82, 2.24) is 4.98 Å². The number of aryl methyl sites for hydroxylation is 1. The van der Waals surface area contributed by atoms with Crippen molar-refractivity contribution < 1.29 is 14.6 Å². The number of nitrogens with zero attached hydrogens (tertiary/aromatic N) is 1. The summed E-state index contributed by atoms with van der Waals surface area (Å²) in [5.41, 5.74) is 2.88. The Hall–Kier alpha value is -1.23. The standard InChI is InChI=1S/C13H19NO3S/c1-5-11(13(15)16)18-7-10-9(3)12(17-4)8(2)6-14-10/h6,11H,5,7H2,1-4H3,(H,15,16). The molecule has 5 heteroatoms. The van der Waals surface area contributed by atoms with E-state index < -0.39 is 5.97 Å². The second-order valence-corrected chi connectivity index (χ2v) is 5.28. The van der Waals surface area contributed by atoms with E-state index in [9.17, 15) is 4.79 Å². The highest BCUT2D eigenvalue weighted by Crippen LogP contribution is 2.28. The van der Waals surface area contributed by atoms with Crippen molar-refractivity contribution in [2.75, 3.05) is 7.11 Å². The first-order chi connectivity index (χ1) is 8.51. The van der Waals surface area contributed by atoms with Crippen molar-refractivity contribution in [3.8, 4) is 5.75 Å². The highest BCUT2D eigenvalue weighted by atomic mass is 32.2. The molecule has 0 aliphatic heterocycles. The quantitative estimate of drug-likeness (QED) is 0.860. The molecule has 4 nitrogen and oxygen atoms in total. The van der Waals surface area contributed by atoms with Gasteiger partial charge in [-0.2, -0.15) is 0 Å². The normalized spacial score (nSPS) is 12.2. The monoisotopic (exact) mass is 269 g/mol. The van der Waals surface area contributed by atoms with Gasteiger partial charge in [0.05, 0.1) is 12.8 Å². The number of hydrogen-bond acceptors (Lipinski definition) is 4. The number of methoxy groups -OCH3 is 1. The average molecular weight is 269 g/mol. The fourth-order valence-corrected chi connectivity index (χ4v) is 2.79. The summed E-state index contributed by atoms with van der Waals surface area (Å²) in [7, 11) is 1.64. The van der Waals surface area contributed by atoms with Crippen LogP contribution in [0.2, 0.25) is 0 Å². The summed E-state index contributed by atoms with van der Waals surface area (Å²) < 4.78 is 5.33. The Labute approximate surface area is 112 Å². The zero-order chi connectivity index (χ0) is 13.7. The molecule has 1 rings (SSSR count). The van der Waals surface area contributed by atoms with E-state index in [1.807, 2.05) is 20.8 Å². The van der Waals surface area contributed by atoms with Crippen molar-refractivity contribution in [3.63, 3.8) is 0 Å². The molecule has 1 aromatic rings. The van der Waals surface area contributed by atoms with Crippen molar-refractivity contribution in [1.29, 1.82) is 0 Å². The van der Waals surface area contributed by atoms with Gasteiger partial charge in [-0.1, -0.05) is 6.92 Å². The van der Waals surface area contributed by atoms with Crippen LogP contribution in [0.15, 0.2) is 6.20 Å². The molecule has 0 aliphatic rings. The third-order valence-corrected chi connectivity index (χ3v) is 4.19. The van der Waals surface area contributed by atoms with Gasteiger partial charge >= 0.3 is 5.97 Å². The van der Waals surface area contributed by atoms with Crippen molar-refractivity contribution >= 4 is 17.7 Å². The van der Waals surface area contributed by atoms with Crippen molar-refractivity contribution in [3.05, 3.63) is 23.0 Å². The van der Waals surface area contributed by atoms with Crippen LogP contribution in [0.1, 0.15) is 30.2 Å². The fraction of sp³-hybridized carbons (Fsp3) is 0.538. The summed E-state index contributed by atoms with van der Waals surface area (Å²) >= 11 is 1.40. The molecule has 0 saturated heterocycles. The van der Waals surface area contributed by atoms with Gasteiger partial charge in [-0.15, -0.1) is 11.8 Å². The summed E-state index contributed by atoms with van der Waals surface area (Å²) in [4.78, 5) is 15.3. The van der Waals surface area contributed by atoms with E-state index >= 15 is 0 Å². The molecule has 0 radical (unpaired) electrons. The Balaban J connectivity index is 2.82. The molecule has 100 valence electrons. The second-order valence-electron chi connectivity index (χ2n) is 4.09. The molecular formula is C13H19NO3S. The molecule has 0 amide bonds. The van der Waals surface area contributed by atoms with E-state index in [0.717, 1.165) is 22.6 Å². The zero-order valence-corrected chi connectivity index (χ0v) is 12.0. The molecule has 1 atom stereocenters. The highest BCUT2D eigenvalue weighted by Gasteiger charge is 2.17. The molecule has 0 bridgehead atoms. The van der Waals surface area contributed by atoms with Gasteiger partial charge in [0.15, 0.2) is 0 Å². The minimum absolute atomic E-state index is 0.376. The lowest BCUT2D eigenvalue weighted by Gasteiger charge is -2.13. The number of aromatic nitrogens is 1. The largest absolute Gasteiger partial charge is 0.496 e. The van der Waals surface area contributed by atoms with E-state index in [4.69, 9.17) is 9.84 Å². The topological polar surface area (TPSA) is 59.4 Å². The minimum Gasteiger partial charge on any atom is -0.496 e. The van der Waals surface area contributed by atoms with Crippen LogP contribution in [-0.2, 0) is 10.5 Å². The molecule has 0 fully saturated rings. The summed E-state index contributed by atoms with van der Waals surface area (Å²) in [6, 6.07) is 0. The van der Waals surface area contributed by atoms with Crippen molar-refractivity contribution in [2.45, 2.75) is 38.2 Å². The van der Waals surface area contributed by atoms with Crippen LogP contribution >= 0.6 is 11.8 Å². The predicted octanol–water partition coefficient (Wildman–Crippen LogP) is 2.80. The van der Waals surface area contributed by atoms with Gasteiger partial charge in [-0.3, -0.25) is 9.78 Å². The maximum atomic E-state index is 10.9. The fourth-order valence-electron chi connectivity index (χ4n) is 1.76. The van der Waals surface area contributed by atoms with Crippen LogP contribution in [0, 0.1) is 13.8 Å². The highest BCUT2D eigenvalue weighted by molar-refractivity contribution is 7.99. The molecule has 0 spiro atoms. The zero-order valence-electron chi connectivity index (χ0n) is 11.2. The molecular weight excluding hydrogens is 250 g/mol. The lowest BCUT2D eigenvalue weighted by atomic mass is 10.1. The predicted molar refractivity (Wildman–Crippen MR) is 73.3 cm³/mol. The SMILES string of the molecule is CCC(SCc1ncc(C)c(OC)c1C)C(=O)O. The Kier molecular flexibility index (Phi) is 5.47. The van der Waals surface area contributed by atoms with Crippen molar-refractivity contribution in [2.24, 2.45) is 0 Å². The third kappa shape index (κ3) is 3.38. The molecule has 1 unspecified atom stereocenters. The number of pyridine rings is 1. The van der Waals surface area contributed by atoms with E-state index in [2.05, 4.69) is 4.98 Å². The van der Waals surface area contributed by atoms with Gasteiger partial charge in [0.25, 0.3) is 0 Å². The average Bonchev–Trinajstić information content (AvgIpc) is 2.32. The molecule has 0 saturated carbocycles. The van der Waals surface area contributed by atoms with Crippen LogP contribution < -0.4 is 4.74 Å². The Morgan fingerprint density at radius 1 is 1.56 bits per heavy atom. The summed E-state index contributed by atoms with van der Waals surface area (Å²) in [6.45, 7) is 5.78. The molecule has 1 heterocycles. The third-order valence-electron chi connectivity index (χ3n) is 2.82. The van der Waals surface area contributed by atoms with Gasteiger partial charge in [0.2, 0.25) is 0 Å². The maximum Gasteiger partial charge on any atom is 0.316 e. The first-order valence-corrected chi connectivity index (χ1v) is 6.89. The Bertz CT molecular complexity index is 434. The number of aliphatic carboxylic acids is 1. The Morgan fingerprint density at radius 2 is 2.22 bits per heavy atom. The minimum atomic E-state index is -0.765. The van der Waals surface area contributed by atoms with Crippen LogP contribution in [0.5, 0.6) is 5.75 Å². The van der Waals surface area contributed by atoms with E-state index in [0.29, 0.717) is 12.2 Å². The number of thioether (sulfide) groups is 1. The van der Waals surface area contributed by atoms with Crippen LogP contribution in [0.3, 0.4) is 0 Å². The van der Waals surface area contributed by atoms with Crippen LogP contribution in [0.4, 0.5) is 0 Å². The molecule has 0 aliphatic carbocycles. The number of carboxylic acids is 1. The smallest absolute Gasteiger partial charge is 0.316 e. The van der Waals surface area contributed by atoms with Gasteiger partial charge in [0, 0.05) is 23.1 Å². The molecule has 18 heavy (non-hydrogen) atoms. The van der Waals surface area contributed by atoms with Gasteiger partial charge in [0.1, 0.15) is 11.0 Å². The number of carbonyl (C=O) groups is 1. The first kappa shape index (κ1) is 14.8. The summed E-state index contributed by atoms with van der Waals surface area (Å²) in [6.07, 6.45) is 2.38. The van der Waals surface area contributed by atoms with Gasteiger partial charge in [-0.25, -0.2) is 0 Å². The van der Waals surface area contributed by atoms with E-state index in [-0.39, 0.29) is 5.25 Å². The summed E-state index contributed by atoms with van der Waals surface area (Å²) in [5.74, 6) is 0.663. The van der Waals surface area contributed by atoms with E-state index in [1.165, 1.54) is 11.8 Å². The number of hydrogen-bond donors (Lipinski definition) is 1. The molecule has 1 N–H and O–H groups in total. The number of carboxylic acid groups (broad SMARTS) is 1. The molecule has 0 aromatic carbocycles. The van der Waals surface area contributed by atoms with Gasteiger partial charge < -0.3 is 9.84 Å². The number of ether oxygens (including phenoxy) is 1.